The lowest BCUT2D eigenvalue weighted by atomic mass is 9.80. The maximum absolute atomic E-state index is 13.0. The number of aliphatic hydroxyl groups excluding tert-OH is 1. The van der Waals surface area contributed by atoms with E-state index < -0.39 is 34.0 Å². The summed E-state index contributed by atoms with van der Waals surface area (Å²) in [5, 5.41) is 12.9. The van der Waals surface area contributed by atoms with Crippen molar-refractivity contribution in [2.75, 3.05) is 12.3 Å². The SMILES string of the molecule is CC(C)CS(=O)(=O)NC1CCCC(C(=O)C[C@H](C(=O)N[C@@H](CCN)C(=O)C(C)C)[C@H](C)O)C1. The van der Waals surface area contributed by atoms with Gasteiger partial charge in [-0.15, -0.1) is 0 Å². The molecule has 1 amide bonds. The number of Topliss-reactive ketones (excluding diaryl/α,β-unsaturated/α-hetero) is 2. The minimum atomic E-state index is -3.42. The zero-order valence-electron chi connectivity index (χ0n) is 20.7. The van der Waals surface area contributed by atoms with Crippen LogP contribution in [0.15, 0.2) is 0 Å². The Morgan fingerprint density at radius 3 is 2.24 bits per heavy atom. The minimum Gasteiger partial charge on any atom is -0.393 e. The van der Waals surface area contributed by atoms with Crippen LogP contribution in [0.3, 0.4) is 0 Å². The molecule has 2 unspecified atom stereocenters. The van der Waals surface area contributed by atoms with Crippen molar-refractivity contribution in [3.8, 4) is 0 Å². The number of sulfonamides is 1. The second-order valence-electron chi connectivity index (χ2n) is 10.1. The molecule has 1 aliphatic rings. The Balaban J connectivity index is 2.81. The van der Waals surface area contributed by atoms with Crippen molar-refractivity contribution >= 4 is 27.5 Å². The van der Waals surface area contributed by atoms with Crippen LogP contribution < -0.4 is 15.8 Å². The summed E-state index contributed by atoms with van der Waals surface area (Å²) in [4.78, 5) is 38.3. The lowest BCUT2D eigenvalue weighted by Gasteiger charge is -2.30. The highest BCUT2D eigenvalue weighted by molar-refractivity contribution is 7.89. The maximum atomic E-state index is 13.0. The molecule has 10 heteroatoms. The summed E-state index contributed by atoms with van der Waals surface area (Å²) >= 11 is 0. The van der Waals surface area contributed by atoms with E-state index in [-0.39, 0.29) is 60.5 Å². The molecular formula is C23H43N3O6S. The molecule has 1 rings (SSSR count). The van der Waals surface area contributed by atoms with Crippen molar-refractivity contribution in [3.63, 3.8) is 0 Å². The van der Waals surface area contributed by atoms with Crippen molar-refractivity contribution in [2.45, 2.75) is 91.3 Å². The Morgan fingerprint density at radius 1 is 1.09 bits per heavy atom. The molecule has 1 saturated carbocycles. The molecule has 9 nitrogen and oxygen atoms in total. The lowest BCUT2D eigenvalue weighted by Crippen LogP contribution is -2.48. The Kier molecular flexibility index (Phi) is 12.1. The number of rotatable bonds is 14. The number of carbonyl (C=O) groups excluding carboxylic acids is 3. The van der Waals surface area contributed by atoms with Gasteiger partial charge in [0.1, 0.15) is 5.78 Å². The molecule has 1 fully saturated rings. The van der Waals surface area contributed by atoms with E-state index in [0.717, 1.165) is 0 Å². The van der Waals surface area contributed by atoms with Crippen LogP contribution in [0.4, 0.5) is 0 Å². The number of ketones is 2. The van der Waals surface area contributed by atoms with E-state index in [1.807, 2.05) is 13.8 Å². The highest BCUT2D eigenvalue weighted by Crippen LogP contribution is 2.28. The van der Waals surface area contributed by atoms with Crippen LogP contribution in [0, 0.1) is 23.7 Å². The average molecular weight is 490 g/mol. The van der Waals surface area contributed by atoms with Gasteiger partial charge in [0.05, 0.1) is 23.8 Å². The number of nitrogens with one attached hydrogen (secondary N) is 2. The second kappa shape index (κ2) is 13.5. The Bertz CT molecular complexity index is 766. The Labute approximate surface area is 198 Å². The molecule has 0 aromatic carbocycles. The molecule has 1 aliphatic carbocycles. The van der Waals surface area contributed by atoms with E-state index in [1.165, 1.54) is 6.92 Å². The quantitative estimate of drug-likeness (QED) is 0.285. The molecule has 192 valence electrons. The molecule has 0 aromatic rings. The van der Waals surface area contributed by atoms with Crippen LogP contribution in [0.2, 0.25) is 0 Å². The first-order valence-electron chi connectivity index (χ1n) is 12.0. The standard InChI is InChI=1S/C23H43N3O6S/c1-14(2)13-33(31,32)26-18-8-6-7-17(11-18)21(28)12-19(16(5)27)23(30)25-20(9-10-24)22(29)15(3)4/h14-20,26-27H,6-13,24H2,1-5H3,(H,25,30)/t16-,17?,18?,19-,20-/m0/s1. The van der Waals surface area contributed by atoms with Crippen molar-refractivity contribution in [2.24, 2.45) is 29.4 Å². The summed E-state index contributed by atoms with van der Waals surface area (Å²) < 4.78 is 27.3. The van der Waals surface area contributed by atoms with Crippen LogP contribution in [-0.2, 0) is 24.4 Å². The van der Waals surface area contributed by atoms with E-state index in [9.17, 15) is 27.9 Å². The molecule has 5 atom stereocenters. The van der Waals surface area contributed by atoms with Gasteiger partial charge in [-0.25, -0.2) is 13.1 Å². The van der Waals surface area contributed by atoms with E-state index in [2.05, 4.69) is 10.0 Å². The summed E-state index contributed by atoms with van der Waals surface area (Å²) in [7, 11) is -3.42. The molecule has 0 radical (unpaired) electrons. The van der Waals surface area contributed by atoms with Crippen LogP contribution in [0.25, 0.3) is 0 Å². The highest BCUT2D eigenvalue weighted by Gasteiger charge is 2.35. The van der Waals surface area contributed by atoms with Gasteiger partial charge in [0, 0.05) is 24.3 Å². The number of amides is 1. The van der Waals surface area contributed by atoms with E-state index in [0.29, 0.717) is 25.7 Å². The van der Waals surface area contributed by atoms with Crippen LogP contribution in [-0.4, -0.2) is 61.5 Å². The van der Waals surface area contributed by atoms with Crippen molar-refractivity contribution in [1.82, 2.24) is 10.0 Å². The predicted molar refractivity (Wildman–Crippen MR) is 128 cm³/mol. The predicted octanol–water partition coefficient (Wildman–Crippen LogP) is 1.14. The van der Waals surface area contributed by atoms with E-state index in [1.54, 1.807) is 13.8 Å². The van der Waals surface area contributed by atoms with Gasteiger partial charge < -0.3 is 16.2 Å². The van der Waals surface area contributed by atoms with Crippen molar-refractivity contribution in [3.05, 3.63) is 0 Å². The Morgan fingerprint density at radius 2 is 1.73 bits per heavy atom. The lowest BCUT2D eigenvalue weighted by molar-refractivity contribution is -0.137. The van der Waals surface area contributed by atoms with Crippen LogP contribution >= 0.6 is 0 Å². The van der Waals surface area contributed by atoms with E-state index in [4.69, 9.17) is 5.73 Å². The monoisotopic (exact) mass is 489 g/mol. The summed E-state index contributed by atoms with van der Waals surface area (Å²) in [5.41, 5.74) is 5.58. The van der Waals surface area contributed by atoms with Gasteiger partial charge in [-0.1, -0.05) is 34.1 Å². The molecule has 0 aliphatic heterocycles. The molecule has 0 heterocycles. The van der Waals surface area contributed by atoms with Gasteiger partial charge in [0.15, 0.2) is 5.78 Å². The van der Waals surface area contributed by atoms with Gasteiger partial charge in [-0.2, -0.15) is 0 Å². The summed E-state index contributed by atoms with van der Waals surface area (Å²) in [6.07, 6.45) is 1.42. The molecule has 33 heavy (non-hydrogen) atoms. The molecule has 5 N–H and O–H groups in total. The fourth-order valence-electron chi connectivity index (χ4n) is 4.33. The average Bonchev–Trinajstić information content (AvgIpc) is 2.69. The smallest absolute Gasteiger partial charge is 0.226 e. The minimum absolute atomic E-state index is 0.000457. The maximum Gasteiger partial charge on any atom is 0.226 e. The van der Waals surface area contributed by atoms with Crippen molar-refractivity contribution < 1.29 is 27.9 Å². The van der Waals surface area contributed by atoms with Gasteiger partial charge in [0.2, 0.25) is 15.9 Å². The second-order valence-corrected chi connectivity index (χ2v) is 11.9. The normalized spacial score (nSPS) is 22.1. The summed E-state index contributed by atoms with van der Waals surface area (Å²) in [6, 6.07) is -1.07. The third kappa shape index (κ3) is 10.2. The third-order valence-corrected chi connectivity index (χ3v) is 7.85. The number of hydrogen-bond acceptors (Lipinski definition) is 7. The summed E-state index contributed by atoms with van der Waals surface area (Å²) in [5.74, 6) is -2.48. The zero-order chi connectivity index (χ0) is 25.3. The van der Waals surface area contributed by atoms with Gasteiger partial charge in [-0.05, 0) is 45.1 Å². The van der Waals surface area contributed by atoms with Gasteiger partial charge >= 0.3 is 0 Å². The first kappa shape index (κ1) is 29.7. The fraction of sp³-hybridized carbons (Fsp3) is 0.870. The number of carbonyl (C=O) groups is 3. The third-order valence-electron chi connectivity index (χ3n) is 6.05. The van der Waals surface area contributed by atoms with Crippen molar-refractivity contribution in [1.29, 1.82) is 0 Å². The van der Waals surface area contributed by atoms with Crippen LogP contribution in [0.5, 0.6) is 0 Å². The van der Waals surface area contributed by atoms with Crippen LogP contribution in [0.1, 0.15) is 73.1 Å². The molecule has 0 bridgehead atoms. The first-order valence-corrected chi connectivity index (χ1v) is 13.7. The fourth-order valence-corrected chi connectivity index (χ4v) is 6.03. The largest absolute Gasteiger partial charge is 0.393 e. The number of nitrogens with two attached hydrogens (primary N) is 1. The number of hydrogen-bond donors (Lipinski definition) is 4. The van der Waals surface area contributed by atoms with E-state index >= 15 is 0 Å². The summed E-state index contributed by atoms with van der Waals surface area (Å²) in [6.45, 7) is 8.81. The molecule has 0 saturated heterocycles. The molecule has 0 aromatic heterocycles. The zero-order valence-corrected chi connectivity index (χ0v) is 21.5. The molecular weight excluding hydrogens is 446 g/mol. The highest BCUT2D eigenvalue weighted by atomic mass is 32.2. The van der Waals surface area contributed by atoms with Gasteiger partial charge in [0.25, 0.3) is 0 Å². The first-order chi connectivity index (χ1) is 15.3. The van der Waals surface area contributed by atoms with Gasteiger partial charge in [-0.3, -0.25) is 14.4 Å². The molecule has 0 spiro atoms. The Hall–Kier alpha value is -1.36. The number of aliphatic hydroxyl groups is 1. The topological polar surface area (TPSA) is 156 Å².